The number of benzene rings is 2. The molecule has 0 amide bonds. The number of methoxy groups -OCH3 is 1. The van der Waals surface area contributed by atoms with Crippen LogP contribution in [0.4, 0.5) is 0 Å². The van der Waals surface area contributed by atoms with Crippen LogP contribution in [0.5, 0.6) is 11.5 Å². The van der Waals surface area contributed by atoms with Crippen LogP contribution in [0.3, 0.4) is 0 Å². The van der Waals surface area contributed by atoms with Crippen LogP contribution in [0.15, 0.2) is 64.6 Å². The predicted molar refractivity (Wildman–Crippen MR) is 117 cm³/mol. The molecule has 0 spiro atoms. The number of ether oxygens (including phenoxy) is 2. The van der Waals surface area contributed by atoms with Crippen molar-refractivity contribution in [2.45, 2.75) is 35.7 Å². The van der Waals surface area contributed by atoms with Gasteiger partial charge in [0.15, 0.2) is 15.0 Å². The van der Waals surface area contributed by atoms with Gasteiger partial charge in [-0.05, 0) is 49.7 Å². The molecular weight excluding hydrogens is 422 g/mol. The van der Waals surface area contributed by atoms with Crippen LogP contribution in [-0.2, 0) is 22.1 Å². The number of sulfone groups is 1. The summed E-state index contributed by atoms with van der Waals surface area (Å²) in [7, 11) is -1.83. The van der Waals surface area contributed by atoms with Gasteiger partial charge in [-0.2, -0.15) is 0 Å². The molecule has 0 atom stereocenters. The van der Waals surface area contributed by atoms with E-state index in [-0.39, 0.29) is 5.75 Å². The van der Waals surface area contributed by atoms with Crippen LogP contribution in [0.25, 0.3) is 0 Å². The van der Waals surface area contributed by atoms with Gasteiger partial charge in [0.25, 0.3) is 0 Å². The summed E-state index contributed by atoms with van der Waals surface area (Å²) in [6, 6.07) is 15.9. The molecule has 0 saturated carbocycles. The molecule has 0 saturated heterocycles. The molecule has 1 heterocycles. The third-order valence-corrected chi connectivity index (χ3v) is 7.06. The maximum Gasteiger partial charge on any atom is 0.191 e. The summed E-state index contributed by atoms with van der Waals surface area (Å²) >= 11 is 1.55. The number of hydrogen-bond acceptors (Lipinski definition) is 7. The highest BCUT2D eigenvalue weighted by Crippen LogP contribution is 2.22. The van der Waals surface area contributed by atoms with Gasteiger partial charge < -0.3 is 14.0 Å². The molecule has 160 valence electrons. The summed E-state index contributed by atoms with van der Waals surface area (Å²) in [5.41, 5.74) is 0. The molecule has 0 aliphatic carbocycles. The highest BCUT2D eigenvalue weighted by Gasteiger charge is 2.20. The Hall–Kier alpha value is -2.52. The van der Waals surface area contributed by atoms with Crippen molar-refractivity contribution in [3.63, 3.8) is 0 Å². The second kappa shape index (κ2) is 10.5. The maximum absolute atomic E-state index is 12.6. The largest absolute Gasteiger partial charge is 0.497 e. The lowest BCUT2D eigenvalue weighted by Crippen LogP contribution is -2.11. The molecule has 3 rings (SSSR count). The average Bonchev–Trinajstić information content (AvgIpc) is 3.15. The fourth-order valence-electron chi connectivity index (χ4n) is 2.82. The molecule has 0 aliphatic heterocycles. The van der Waals surface area contributed by atoms with Gasteiger partial charge in [0.05, 0.1) is 18.6 Å². The monoisotopic (exact) mass is 447 g/mol. The Bertz CT molecular complexity index is 1040. The highest BCUT2D eigenvalue weighted by atomic mass is 32.2. The molecule has 0 unspecified atom stereocenters. The molecule has 0 N–H and O–H groups in total. The van der Waals surface area contributed by atoms with Crippen molar-refractivity contribution < 1.29 is 17.9 Å². The van der Waals surface area contributed by atoms with Gasteiger partial charge in [-0.15, -0.1) is 10.2 Å². The number of aromatic nitrogens is 3. The van der Waals surface area contributed by atoms with Crippen molar-refractivity contribution >= 4 is 21.6 Å². The van der Waals surface area contributed by atoms with Gasteiger partial charge in [-0.25, -0.2) is 8.42 Å². The van der Waals surface area contributed by atoms with Crippen molar-refractivity contribution in [1.29, 1.82) is 0 Å². The molecule has 0 bridgehead atoms. The standard InChI is InChI=1S/C21H25N3O4S2/c1-3-24-20(16-30(25,26)19-8-5-4-6-9-19)22-23-21(24)29-15-7-14-28-18-12-10-17(27-2)11-13-18/h4-6,8-13H,3,7,14-16H2,1-2H3. The van der Waals surface area contributed by atoms with Gasteiger partial charge in [0.1, 0.15) is 23.1 Å². The minimum Gasteiger partial charge on any atom is -0.497 e. The number of hydrogen-bond donors (Lipinski definition) is 0. The Morgan fingerprint density at radius 2 is 1.70 bits per heavy atom. The van der Waals surface area contributed by atoms with Gasteiger partial charge in [0.2, 0.25) is 0 Å². The Morgan fingerprint density at radius 1 is 1.00 bits per heavy atom. The van der Waals surface area contributed by atoms with E-state index in [0.717, 1.165) is 28.8 Å². The fraction of sp³-hybridized carbons (Fsp3) is 0.333. The molecule has 0 aliphatic rings. The quantitative estimate of drug-likeness (QED) is 0.326. The molecule has 7 nitrogen and oxygen atoms in total. The van der Waals surface area contributed by atoms with Crippen molar-refractivity contribution in [3.8, 4) is 11.5 Å². The second-order valence-corrected chi connectivity index (χ2v) is 9.49. The van der Waals surface area contributed by atoms with Crippen LogP contribution >= 0.6 is 11.8 Å². The van der Waals surface area contributed by atoms with E-state index in [4.69, 9.17) is 9.47 Å². The zero-order chi connectivity index (χ0) is 21.4. The molecule has 0 fully saturated rings. The molecule has 3 aromatic rings. The summed E-state index contributed by atoms with van der Waals surface area (Å²) in [4.78, 5) is 0.292. The van der Waals surface area contributed by atoms with E-state index in [2.05, 4.69) is 10.2 Å². The average molecular weight is 448 g/mol. The van der Waals surface area contributed by atoms with E-state index in [1.165, 1.54) is 0 Å². The van der Waals surface area contributed by atoms with Gasteiger partial charge in [-0.3, -0.25) is 0 Å². The zero-order valence-electron chi connectivity index (χ0n) is 17.0. The zero-order valence-corrected chi connectivity index (χ0v) is 18.7. The maximum atomic E-state index is 12.6. The van der Waals surface area contributed by atoms with Crippen molar-refractivity contribution in [2.75, 3.05) is 19.5 Å². The summed E-state index contributed by atoms with van der Waals surface area (Å²) in [6.07, 6.45) is 0.824. The second-order valence-electron chi connectivity index (χ2n) is 6.44. The Balaban J connectivity index is 1.52. The van der Waals surface area contributed by atoms with Crippen LogP contribution in [0.1, 0.15) is 19.2 Å². The number of nitrogens with zero attached hydrogens (tertiary/aromatic N) is 3. The lowest BCUT2D eigenvalue weighted by Gasteiger charge is -2.09. The molecule has 1 aromatic heterocycles. The lowest BCUT2D eigenvalue weighted by atomic mass is 10.3. The summed E-state index contributed by atoms with van der Waals surface area (Å²) in [6.45, 7) is 3.14. The minimum absolute atomic E-state index is 0.168. The van der Waals surface area contributed by atoms with E-state index in [9.17, 15) is 8.42 Å². The smallest absolute Gasteiger partial charge is 0.191 e. The Morgan fingerprint density at radius 3 is 2.37 bits per heavy atom. The van der Waals surface area contributed by atoms with E-state index < -0.39 is 9.84 Å². The fourth-order valence-corrected chi connectivity index (χ4v) is 5.04. The molecule has 0 radical (unpaired) electrons. The Labute approximate surface area is 181 Å². The molecule has 9 heteroatoms. The first kappa shape index (κ1) is 22.2. The molecular formula is C21H25N3O4S2. The number of rotatable bonds is 11. The number of thioether (sulfide) groups is 1. The Kier molecular flexibility index (Phi) is 7.75. The van der Waals surface area contributed by atoms with Gasteiger partial charge in [0, 0.05) is 12.3 Å². The third kappa shape index (κ3) is 5.76. The van der Waals surface area contributed by atoms with E-state index >= 15 is 0 Å². The first-order valence-corrected chi connectivity index (χ1v) is 12.3. The lowest BCUT2D eigenvalue weighted by molar-refractivity contribution is 0.318. The van der Waals surface area contributed by atoms with Gasteiger partial charge >= 0.3 is 0 Å². The normalized spacial score (nSPS) is 11.4. The van der Waals surface area contributed by atoms with E-state index in [1.807, 2.05) is 35.8 Å². The first-order chi connectivity index (χ1) is 14.5. The third-order valence-electron chi connectivity index (χ3n) is 4.38. The van der Waals surface area contributed by atoms with Gasteiger partial charge in [-0.1, -0.05) is 30.0 Å². The van der Waals surface area contributed by atoms with Crippen molar-refractivity contribution in [3.05, 3.63) is 60.4 Å². The highest BCUT2D eigenvalue weighted by molar-refractivity contribution is 7.99. The molecule has 2 aromatic carbocycles. The SMILES string of the molecule is CCn1c(CS(=O)(=O)c2ccccc2)nnc1SCCCOc1ccc(OC)cc1. The molecule has 30 heavy (non-hydrogen) atoms. The van der Waals surface area contributed by atoms with Crippen LogP contribution in [0, 0.1) is 0 Å². The van der Waals surface area contributed by atoms with Crippen LogP contribution in [-0.4, -0.2) is 42.7 Å². The predicted octanol–water partition coefficient (Wildman–Crippen LogP) is 3.84. The summed E-state index contributed by atoms with van der Waals surface area (Å²) in [5.74, 6) is 2.67. The van der Waals surface area contributed by atoms with E-state index in [0.29, 0.717) is 23.9 Å². The van der Waals surface area contributed by atoms with Crippen molar-refractivity contribution in [2.24, 2.45) is 0 Å². The topological polar surface area (TPSA) is 83.3 Å². The first-order valence-electron chi connectivity index (χ1n) is 9.63. The minimum atomic E-state index is -3.46. The van der Waals surface area contributed by atoms with Crippen LogP contribution in [0.2, 0.25) is 0 Å². The van der Waals surface area contributed by atoms with Crippen LogP contribution < -0.4 is 9.47 Å². The van der Waals surface area contributed by atoms with E-state index in [1.54, 1.807) is 49.2 Å². The summed E-state index contributed by atoms with van der Waals surface area (Å²) < 4.78 is 38.0. The summed E-state index contributed by atoms with van der Waals surface area (Å²) in [5, 5.41) is 9.05. The van der Waals surface area contributed by atoms with Crippen molar-refractivity contribution in [1.82, 2.24) is 14.8 Å².